The molecule has 1 aliphatic rings. The molecular weight excluding hydrogens is 330 g/mol. The van der Waals surface area contributed by atoms with Gasteiger partial charge in [0, 0.05) is 11.4 Å². The molecule has 112 valence electrons. The highest BCUT2D eigenvalue weighted by Crippen LogP contribution is 2.63. The van der Waals surface area contributed by atoms with E-state index < -0.39 is 0 Å². The first-order valence-electron chi connectivity index (χ1n) is 6.14. The van der Waals surface area contributed by atoms with Crippen LogP contribution in [0.15, 0.2) is 14.7 Å². The minimum atomic E-state index is 0.878. The molecule has 1 aromatic rings. The lowest BCUT2D eigenvalue weighted by atomic mass is 10.1. The normalized spacial score (nSPS) is 13.7. The fourth-order valence-corrected chi connectivity index (χ4v) is 7.69. The Labute approximate surface area is 136 Å². The molecule has 3 nitrogen and oxygen atoms in total. The number of benzene rings is 1. The van der Waals surface area contributed by atoms with Gasteiger partial charge in [0.15, 0.2) is 11.5 Å². The molecule has 7 heteroatoms. The summed E-state index contributed by atoms with van der Waals surface area (Å²) in [4.78, 5) is 5.99. The highest BCUT2D eigenvalue weighted by molar-refractivity contribution is 9.10. The van der Waals surface area contributed by atoms with Crippen LogP contribution in [-0.2, 0) is 6.42 Å². The van der Waals surface area contributed by atoms with Gasteiger partial charge in [0.1, 0.15) is 0 Å². The first kappa shape index (κ1) is 16.5. The van der Waals surface area contributed by atoms with Gasteiger partial charge in [-0.3, -0.25) is 0 Å². The van der Waals surface area contributed by atoms with E-state index >= 15 is 0 Å². The number of thioether (sulfide) groups is 1. The van der Waals surface area contributed by atoms with Crippen LogP contribution in [0.3, 0.4) is 0 Å². The summed E-state index contributed by atoms with van der Waals surface area (Å²) < 4.78 is 11.2. The Hall–Kier alpha value is 0.180. The molecule has 0 aromatic heterocycles. The fourth-order valence-electron chi connectivity index (χ4n) is 2.08. The molecule has 1 heterocycles. The van der Waals surface area contributed by atoms with Gasteiger partial charge in [-0.25, -0.2) is 0 Å². The SMILES string of the molecule is COc1c(OC)c2c(c(CCN(C)C)c1SC)SSS2. The lowest BCUT2D eigenvalue weighted by molar-refractivity contribution is 0.336. The molecule has 0 spiro atoms. The summed E-state index contributed by atoms with van der Waals surface area (Å²) >= 11 is 1.74. The van der Waals surface area contributed by atoms with Crippen molar-refractivity contribution in [2.45, 2.75) is 21.1 Å². The molecule has 1 aliphatic heterocycles. The van der Waals surface area contributed by atoms with Crippen LogP contribution < -0.4 is 9.47 Å². The first-order chi connectivity index (χ1) is 9.63. The minimum Gasteiger partial charge on any atom is -0.492 e. The summed E-state index contributed by atoms with van der Waals surface area (Å²) in [5, 5.41) is 0. The van der Waals surface area contributed by atoms with Crippen LogP contribution >= 0.6 is 43.2 Å². The summed E-state index contributed by atoms with van der Waals surface area (Å²) in [6.45, 7) is 1.03. The number of nitrogens with zero attached hydrogens (tertiary/aromatic N) is 1. The van der Waals surface area contributed by atoms with Crippen LogP contribution in [0.5, 0.6) is 11.5 Å². The highest BCUT2D eigenvalue weighted by atomic mass is 33.5. The third-order valence-electron chi connectivity index (χ3n) is 3.03. The Kier molecular flexibility index (Phi) is 6.16. The van der Waals surface area contributed by atoms with Gasteiger partial charge in [0.05, 0.1) is 24.0 Å². The van der Waals surface area contributed by atoms with Crippen molar-refractivity contribution < 1.29 is 9.47 Å². The van der Waals surface area contributed by atoms with E-state index in [0.29, 0.717) is 0 Å². The summed E-state index contributed by atoms with van der Waals surface area (Å²) in [5.74, 6) is 1.76. The average Bonchev–Trinajstić information content (AvgIpc) is 2.91. The van der Waals surface area contributed by atoms with E-state index in [9.17, 15) is 0 Å². The third-order valence-corrected chi connectivity index (χ3v) is 7.94. The fraction of sp³-hybridized carbons (Fsp3) is 0.538. The summed E-state index contributed by atoms with van der Waals surface area (Å²) in [7, 11) is 13.1. The van der Waals surface area contributed by atoms with Gasteiger partial charge in [-0.2, -0.15) is 0 Å². The van der Waals surface area contributed by atoms with Gasteiger partial charge in [-0.05, 0) is 63.7 Å². The van der Waals surface area contributed by atoms with Crippen LogP contribution in [0, 0.1) is 0 Å². The minimum absolute atomic E-state index is 0.878. The average molecular weight is 350 g/mol. The molecule has 0 aliphatic carbocycles. The molecule has 0 N–H and O–H groups in total. The van der Waals surface area contributed by atoms with E-state index in [1.54, 1.807) is 46.6 Å². The largest absolute Gasteiger partial charge is 0.492 e. The van der Waals surface area contributed by atoms with Crippen LogP contribution in [0.2, 0.25) is 0 Å². The van der Waals surface area contributed by atoms with Crippen molar-refractivity contribution in [3.63, 3.8) is 0 Å². The topological polar surface area (TPSA) is 21.7 Å². The molecule has 20 heavy (non-hydrogen) atoms. The second-order valence-corrected chi connectivity index (χ2v) is 9.26. The van der Waals surface area contributed by atoms with Crippen molar-refractivity contribution >= 4 is 43.2 Å². The number of likely N-dealkylation sites (N-methyl/N-ethyl adjacent to an activating group) is 1. The maximum atomic E-state index is 5.64. The second-order valence-electron chi connectivity index (χ2n) is 4.52. The van der Waals surface area contributed by atoms with Crippen LogP contribution in [0.1, 0.15) is 5.56 Å². The zero-order chi connectivity index (χ0) is 14.7. The smallest absolute Gasteiger partial charge is 0.177 e. The van der Waals surface area contributed by atoms with E-state index in [4.69, 9.17) is 9.47 Å². The van der Waals surface area contributed by atoms with Crippen molar-refractivity contribution in [2.75, 3.05) is 41.1 Å². The molecule has 0 unspecified atom stereocenters. The maximum Gasteiger partial charge on any atom is 0.177 e. The van der Waals surface area contributed by atoms with Gasteiger partial charge in [0.25, 0.3) is 0 Å². The van der Waals surface area contributed by atoms with Crippen molar-refractivity contribution in [3.05, 3.63) is 5.56 Å². The Balaban J connectivity index is 2.56. The molecular formula is C13H19NO2S4. The number of ether oxygens (including phenoxy) is 2. The second kappa shape index (κ2) is 7.45. The number of hydrogen-bond acceptors (Lipinski definition) is 7. The molecule has 2 rings (SSSR count). The number of hydrogen-bond donors (Lipinski definition) is 0. The Morgan fingerprint density at radius 3 is 2.25 bits per heavy atom. The van der Waals surface area contributed by atoms with E-state index in [1.807, 2.05) is 10.8 Å². The molecule has 0 fully saturated rings. The Bertz CT molecular complexity index is 494. The van der Waals surface area contributed by atoms with Gasteiger partial charge in [0.2, 0.25) is 0 Å². The van der Waals surface area contributed by atoms with Crippen molar-refractivity contribution in [2.24, 2.45) is 0 Å². The summed E-state index contributed by atoms with van der Waals surface area (Å²) in [6, 6.07) is 0. The van der Waals surface area contributed by atoms with E-state index in [0.717, 1.165) is 24.5 Å². The first-order valence-corrected chi connectivity index (χ1v) is 10.9. The molecule has 0 atom stereocenters. The molecule has 0 radical (unpaired) electrons. The quantitative estimate of drug-likeness (QED) is 0.557. The predicted octanol–water partition coefficient (Wildman–Crippen LogP) is 4.29. The molecule has 0 saturated heterocycles. The lowest BCUT2D eigenvalue weighted by Crippen LogP contribution is -2.16. The monoisotopic (exact) mass is 349 g/mol. The number of methoxy groups -OCH3 is 2. The number of fused-ring (bicyclic) bond motifs is 1. The van der Waals surface area contributed by atoms with Crippen LogP contribution in [0.25, 0.3) is 0 Å². The van der Waals surface area contributed by atoms with Crippen molar-refractivity contribution in [1.82, 2.24) is 4.90 Å². The van der Waals surface area contributed by atoms with Gasteiger partial charge in [-0.15, -0.1) is 11.8 Å². The molecule has 0 amide bonds. The number of rotatable bonds is 6. The van der Waals surface area contributed by atoms with Crippen LogP contribution in [-0.4, -0.2) is 46.0 Å². The van der Waals surface area contributed by atoms with Crippen LogP contribution in [0.4, 0.5) is 0 Å². The summed E-state index contributed by atoms with van der Waals surface area (Å²) in [6.07, 6.45) is 3.13. The summed E-state index contributed by atoms with van der Waals surface area (Å²) in [5.41, 5.74) is 1.39. The van der Waals surface area contributed by atoms with Gasteiger partial charge >= 0.3 is 0 Å². The van der Waals surface area contributed by atoms with Crippen molar-refractivity contribution in [1.29, 1.82) is 0 Å². The molecule has 0 bridgehead atoms. The Morgan fingerprint density at radius 1 is 1.05 bits per heavy atom. The van der Waals surface area contributed by atoms with E-state index in [-0.39, 0.29) is 0 Å². The van der Waals surface area contributed by atoms with Gasteiger partial charge in [-0.1, -0.05) is 0 Å². The lowest BCUT2D eigenvalue weighted by Gasteiger charge is -2.20. The van der Waals surface area contributed by atoms with E-state index in [2.05, 4.69) is 25.3 Å². The van der Waals surface area contributed by atoms with E-state index in [1.165, 1.54) is 20.2 Å². The molecule has 0 saturated carbocycles. The maximum absolute atomic E-state index is 5.64. The van der Waals surface area contributed by atoms with Crippen molar-refractivity contribution in [3.8, 4) is 11.5 Å². The molecule has 1 aromatic carbocycles. The predicted molar refractivity (Wildman–Crippen MR) is 92.9 cm³/mol. The highest BCUT2D eigenvalue weighted by Gasteiger charge is 2.29. The third kappa shape index (κ3) is 3.16. The Morgan fingerprint density at radius 2 is 1.70 bits per heavy atom. The zero-order valence-corrected chi connectivity index (χ0v) is 15.6. The zero-order valence-electron chi connectivity index (χ0n) is 12.3. The standard InChI is InChI=1S/C13H19NO2S4/c1-14(2)7-6-8-11(17-5)9(15-3)10(16-4)13-12(8)18-20-19-13/h6-7H2,1-5H3. The van der Waals surface area contributed by atoms with Gasteiger partial charge < -0.3 is 14.4 Å².